The highest BCUT2D eigenvalue weighted by Crippen LogP contribution is 2.27. The number of aromatic hydroxyl groups is 1. The van der Waals surface area contributed by atoms with E-state index in [9.17, 15) is 19.8 Å². The Labute approximate surface area is 178 Å². The smallest absolute Gasteiger partial charge is 0.331 e. The van der Waals surface area contributed by atoms with E-state index in [0.717, 1.165) is 0 Å². The van der Waals surface area contributed by atoms with Gasteiger partial charge in [-0.25, -0.2) is 9.78 Å². The number of ether oxygens (including phenoxy) is 4. The number of rotatable bonds is 5. The number of carbonyl (C=O) groups is 2. The lowest BCUT2D eigenvalue weighted by Crippen LogP contribution is -2.46. The molecule has 4 atom stereocenters. The lowest BCUT2D eigenvalue weighted by atomic mass is 10.1. The second-order valence-electron chi connectivity index (χ2n) is 6.88. The fourth-order valence-electron chi connectivity index (χ4n) is 2.98. The van der Waals surface area contributed by atoms with E-state index in [1.807, 2.05) is 6.07 Å². The summed E-state index contributed by atoms with van der Waals surface area (Å²) in [4.78, 5) is 28.9. The third-order valence-corrected chi connectivity index (χ3v) is 4.67. The molecule has 1 aromatic heterocycles. The molecule has 1 aliphatic heterocycles. The second-order valence-corrected chi connectivity index (χ2v) is 6.88. The minimum absolute atomic E-state index is 0.0495. The van der Waals surface area contributed by atoms with Crippen molar-refractivity contribution in [1.82, 2.24) is 10.3 Å². The third-order valence-electron chi connectivity index (χ3n) is 4.67. The molecule has 10 nitrogen and oxygen atoms in total. The van der Waals surface area contributed by atoms with Crippen LogP contribution in [0.4, 0.5) is 0 Å². The van der Waals surface area contributed by atoms with Crippen LogP contribution in [0.15, 0.2) is 42.6 Å². The first-order chi connectivity index (χ1) is 14.9. The predicted molar refractivity (Wildman–Crippen MR) is 107 cm³/mol. The van der Waals surface area contributed by atoms with Crippen molar-refractivity contribution in [2.75, 3.05) is 20.3 Å². The summed E-state index contributed by atoms with van der Waals surface area (Å²) >= 11 is 0. The lowest BCUT2D eigenvalue weighted by molar-refractivity contribution is -0.158. The van der Waals surface area contributed by atoms with Gasteiger partial charge in [0.1, 0.15) is 18.0 Å². The van der Waals surface area contributed by atoms with E-state index in [1.54, 1.807) is 24.3 Å². The van der Waals surface area contributed by atoms with E-state index in [-0.39, 0.29) is 24.7 Å². The number of benzene rings is 1. The first-order valence-corrected chi connectivity index (χ1v) is 9.61. The van der Waals surface area contributed by atoms with Gasteiger partial charge in [0.05, 0.1) is 20.3 Å². The number of aromatic nitrogens is 1. The number of carbonyl (C=O) groups excluding carboxylic acids is 2. The van der Waals surface area contributed by atoms with Crippen LogP contribution >= 0.6 is 0 Å². The molecule has 4 unspecified atom stereocenters. The van der Waals surface area contributed by atoms with Gasteiger partial charge in [0, 0.05) is 12.3 Å². The highest BCUT2D eigenvalue weighted by molar-refractivity contribution is 5.98. The van der Waals surface area contributed by atoms with Gasteiger partial charge in [-0.3, -0.25) is 4.79 Å². The Bertz CT molecular complexity index is 908. The first kappa shape index (κ1) is 22.3. The largest absolute Gasteiger partial charge is 0.503 e. The Morgan fingerprint density at radius 1 is 1.23 bits per heavy atom. The predicted octanol–water partition coefficient (Wildman–Crippen LogP) is 0.665. The number of nitrogens with one attached hydrogen (secondary N) is 1. The summed E-state index contributed by atoms with van der Waals surface area (Å²) in [5.41, 5.74) is -0.314. The molecule has 31 heavy (non-hydrogen) atoms. The summed E-state index contributed by atoms with van der Waals surface area (Å²) in [5.74, 6) is -1.49. The molecule has 1 aromatic carbocycles. The van der Waals surface area contributed by atoms with E-state index in [2.05, 4.69) is 10.3 Å². The molecule has 1 amide bonds. The molecule has 0 saturated carbocycles. The molecular weight excluding hydrogens is 408 g/mol. The summed E-state index contributed by atoms with van der Waals surface area (Å²) < 4.78 is 21.6. The molecule has 1 fully saturated rings. The van der Waals surface area contributed by atoms with Crippen molar-refractivity contribution in [2.45, 2.75) is 31.3 Å². The average Bonchev–Trinajstić information content (AvgIpc) is 2.81. The van der Waals surface area contributed by atoms with Crippen molar-refractivity contribution in [3.63, 3.8) is 0 Å². The molecule has 0 radical (unpaired) electrons. The monoisotopic (exact) mass is 432 g/mol. The molecule has 166 valence electrons. The van der Waals surface area contributed by atoms with Crippen molar-refractivity contribution in [3.05, 3.63) is 48.3 Å². The van der Waals surface area contributed by atoms with Crippen molar-refractivity contribution in [1.29, 1.82) is 0 Å². The Morgan fingerprint density at radius 2 is 1.97 bits per heavy atom. The quantitative estimate of drug-likeness (QED) is 0.582. The number of cyclic esters (lactones) is 1. The number of para-hydroxylation sites is 1. The molecule has 1 saturated heterocycles. The van der Waals surface area contributed by atoms with Crippen LogP contribution in [0, 0.1) is 0 Å². The van der Waals surface area contributed by atoms with Gasteiger partial charge in [-0.15, -0.1) is 0 Å². The third kappa shape index (κ3) is 5.41. The molecule has 10 heteroatoms. The topological polar surface area (TPSA) is 136 Å². The SMILES string of the molecule is COc1ccnc(C(=O)NC2COCC(Oc3ccccc3)C(O)C(C)OC2=O)c1O. The van der Waals surface area contributed by atoms with Crippen molar-refractivity contribution in [2.24, 2.45) is 0 Å². The van der Waals surface area contributed by atoms with Crippen molar-refractivity contribution >= 4 is 11.9 Å². The van der Waals surface area contributed by atoms with Crippen LogP contribution in [0.25, 0.3) is 0 Å². The molecule has 2 aromatic rings. The zero-order valence-corrected chi connectivity index (χ0v) is 17.1. The van der Waals surface area contributed by atoms with Crippen LogP contribution in [0.1, 0.15) is 17.4 Å². The van der Waals surface area contributed by atoms with Gasteiger partial charge in [-0.05, 0) is 19.1 Å². The summed E-state index contributed by atoms with van der Waals surface area (Å²) in [6.07, 6.45) is -1.60. The molecule has 0 spiro atoms. The highest BCUT2D eigenvalue weighted by Gasteiger charge is 2.35. The maximum absolute atomic E-state index is 12.6. The standard InChI is InChI=1S/C21H24N2O8/c1-12-18(24)16(31-13-6-4-3-5-7-13)11-29-10-14(21(27)30-12)23-20(26)17-19(25)15(28-2)8-9-22-17/h3-9,12,14,16,18,24-25H,10-11H2,1-2H3,(H,23,26). The maximum Gasteiger partial charge on any atom is 0.331 e. The second kappa shape index (κ2) is 10.1. The van der Waals surface area contributed by atoms with E-state index in [4.69, 9.17) is 18.9 Å². The molecule has 0 bridgehead atoms. The normalized spacial score (nSPS) is 24.2. The minimum atomic E-state index is -1.19. The van der Waals surface area contributed by atoms with Gasteiger partial charge in [0.2, 0.25) is 0 Å². The van der Waals surface area contributed by atoms with Gasteiger partial charge >= 0.3 is 5.97 Å². The average molecular weight is 432 g/mol. The number of methoxy groups -OCH3 is 1. The minimum Gasteiger partial charge on any atom is -0.503 e. The summed E-state index contributed by atoms with van der Waals surface area (Å²) in [6.45, 7) is 1.24. The maximum atomic E-state index is 12.6. The summed E-state index contributed by atoms with van der Waals surface area (Å²) in [6, 6.07) is 9.06. The van der Waals surface area contributed by atoms with Crippen LogP contribution in [0.3, 0.4) is 0 Å². The van der Waals surface area contributed by atoms with Crippen LogP contribution in [0.5, 0.6) is 17.2 Å². The fourth-order valence-corrected chi connectivity index (χ4v) is 2.98. The number of esters is 1. The molecule has 3 rings (SSSR count). The van der Waals surface area contributed by atoms with Crippen molar-refractivity contribution in [3.8, 4) is 17.2 Å². The van der Waals surface area contributed by atoms with Crippen LogP contribution in [-0.2, 0) is 14.3 Å². The molecular formula is C21H24N2O8. The Balaban J connectivity index is 1.71. The molecule has 0 aliphatic carbocycles. The summed E-state index contributed by atoms with van der Waals surface area (Å²) in [5, 5.41) is 23.1. The number of hydrogen-bond acceptors (Lipinski definition) is 9. The van der Waals surface area contributed by atoms with Gasteiger partial charge in [0.25, 0.3) is 5.91 Å². The molecule has 3 N–H and O–H groups in total. The van der Waals surface area contributed by atoms with Gasteiger partial charge < -0.3 is 34.5 Å². The Hall–Kier alpha value is -3.37. The Morgan fingerprint density at radius 3 is 2.68 bits per heavy atom. The number of aliphatic hydroxyl groups is 1. The van der Waals surface area contributed by atoms with E-state index < -0.39 is 42.0 Å². The number of aliphatic hydroxyl groups excluding tert-OH is 1. The van der Waals surface area contributed by atoms with Crippen molar-refractivity contribution < 1.29 is 38.7 Å². The number of amides is 1. The first-order valence-electron chi connectivity index (χ1n) is 9.61. The van der Waals surface area contributed by atoms with Crippen LogP contribution in [0.2, 0.25) is 0 Å². The van der Waals surface area contributed by atoms with E-state index in [1.165, 1.54) is 26.3 Å². The number of nitrogens with zero attached hydrogens (tertiary/aromatic N) is 1. The Kier molecular flexibility index (Phi) is 7.27. The fraction of sp³-hybridized carbons (Fsp3) is 0.381. The van der Waals surface area contributed by atoms with Gasteiger partial charge in [-0.2, -0.15) is 0 Å². The van der Waals surface area contributed by atoms with Gasteiger partial charge in [0.15, 0.2) is 29.3 Å². The zero-order chi connectivity index (χ0) is 22.4. The van der Waals surface area contributed by atoms with Crippen LogP contribution in [-0.4, -0.2) is 71.8 Å². The molecule has 1 aliphatic rings. The van der Waals surface area contributed by atoms with Gasteiger partial charge in [-0.1, -0.05) is 18.2 Å². The highest BCUT2D eigenvalue weighted by atomic mass is 16.6. The van der Waals surface area contributed by atoms with E-state index >= 15 is 0 Å². The zero-order valence-electron chi connectivity index (χ0n) is 17.1. The number of pyridine rings is 1. The molecule has 2 heterocycles. The van der Waals surface area contributed by atoms with Crippen LogP contribution < -0.4 is 14.8 Å². The number of hydrogen-bond donors (Lipinski definition) is 3. The lowest BCUT2D eigenvalue weighted by Gasteiger charge is -2.26. The van der Waals surface area contributed by atoms with E-state index in [0.29, 0.717) is 5.75 Å². The summed E-state index contributed by atoms with van der Waals surface area (Å²) in [7, 11) is 1.33.